The first-order valence-electron chi connectivity index (χ1n) is 10.7. The Bertz CT molecular complexity index is 919. The molecule has 1 spiro atoms. The van der Waals surface area contributed by atoms with Gasteiger partial charge in [0.05, 0.1) is 18.2 Å². The Hall–Kier alpha value is -2.69. The van der Waals surface area contributed by atoms with Crippen LogP contribution in [0.4, 0.5) is 0 Å². The number of carbonyl (C=O) groups is 2. The molecule has 0 bridgehead atoms. The fourth-order valence-electron chi connectivity index (χ4n) is 5.47. The minimum Gasteiger partial charge on any atom is -0.342 e. The third-order valence-corrected chi connectivity index (χ3v) is 7.14. The normalized spacial score (nSPS) is 22.9. The molecule has 1 atom stereocenters. The van der Waals surface area contributed by atoms with Crippen LogP contribution in [-0.4, -0.2) is 46.2 Å². The molecule has 0 N–H and O–H groups in total. The molecule has 2 aliphatic heterocycles. The van der Waals surface area contributed by atoms with Crippen molar-refractivity contribution in [2.24, 2.45) is 5.92 Å². The molecule has 5 heteroatoms. The number of aromatic nitrogens is 1. The Labute approximate surface area is 171 Å². The zero-order chi connectivity index (χ0) is 19.8. The first-order valence-corrected chi connectivity index (χ1v) is 10.7. The molecule has 0 saturated carbocycles. The molecular weight excluding hydrogens is 362 g/mol. The molecule has 150 valence electrons. The lowest BCUT2D eigenvalue weighted by Crippen LogP contribution is -2.46. The van der Waals surface area contributed by atoms with Crippen molar-refractivity contribution in [2.45, 2.75) is 44.1 Å². The second-order valence-electron chi connectivity index (χ2n) is 8.76. The van der Waals surface area contributed by atoms with Gasteiger partial charge in [0.15, 0.2) is 0 Å². The van der Waals surface area contributed by atoms with E-state index < -0.39 is 0 Å². The highest BCUT2D eigenvalue weighted by Crippen LogP contribution is 2.46. The van der Waals surface area contributed by atoms with Crippen LogP contribution in [0.15, 0.2) is 48.7 Å². The molecule has 1 aromatic carbocycles. The lowest BCUT2D eigenvalue weighted by atomic mass is 9.73. The number of hydrogen-bond acceptors (Lipinski definition) is 3. The second kappa shape index (κ2) is 7.29. The Morgan fingerprint density at radius 1 is 1.07 bits per heavy atom. The van der Waals surface area contributed by atoms with E-state index in [1.807, 2.05) is 23.1 Å². The van der Waals surface area contributed by atoms with E-state index in [0.717, 1.165) is 38.0 Å². The molecule has 3 aliphatic rings. The van der Waals surface area contributed by atoms with Gasteiger partial charge in [0, 0.05) is 32.3 Å². The number of hydrogen-bond donors (Lipinski definition) is 0. The minimum absolute atomic E-state index is 0.0622. The van der Waals surface area contributed by atoms with Gasteiger partial charge in [-0.25, -0.2) is 0 Å². The maximum atomic E-state index is 13.1. The molecule has 29 heavy (non-hydrogen) atoms. The number of pyridine rings is 1. The summed E-state index contributed by atoms with van der Waals surface area (Å²) in [7, 11) is 0. The highest BCUT2D eigenvalue weighted by atomic mass is 16.2. The van der Waals surface area contributed by atoms with E-state index in [2.05, 4.69) is 29.2 Å². The van der Waals surface area contributed by atoms with Crippen LogP contribution in [0.2, 0.25) is 0 Å². The summed E-state index contributed by atoms with van der Waals surface area (Å²) in [6, 6.07) is 14.5. The topological polar surface area (TPSA) is 53.5 Å². The van der Waals surface area contributed by atoms with Crippen molar-refractivity contribution >= 4 is 11.8 Å². The summed E-state index contributed by atoms with van der Waals surface area (Å²) >= 11 is 0. The van der Waals surface area contributed by atoms with Gasteiger partial charge in [-0.05, 0) is 54.4 Å². The molecule has 3 heterocycles. The van der Waals surface area contributed by atoms with E-state index in [-0.39, 0.29) is 23.1 Å². The predicted molar refractivity (Wildman–Crippen MR) is 110 cm³/mol. The van der Waals surface area contributed by atoms with Crippen molar-refractivity contribution in [3.63, 3.8) is 0 Å². The number of likely N-dealkylation sites (tertiary alicyclic amines) is 2. The maximum absolute atomic E-state index is 13.1. The smallest absolute Gasteiger partial charge is 0.227 e. The van der Waals surface area contributed by atoms with E-state index in [1.54, 1.807) is 11.1 Å². The van der Waals surface area contributed by atoms with Gasteiger partial charge in [-0.3, -0.25) is 14.6 Å². The SMILES string of the molecule is O=C1CC(C(=O)N2CCC3(CCc4ccccc43)CC2)CN1Cc1ccccn1. The summed E-state index contributed by atoms with van der Waals surface area (Å²) in [6.07, 6.45) is 6.50. The van der Waals surface area contributed by atoms with E-state index in [4.69, 9.17) is 0 Å². The summed E-state index contributed by atoms with van der Waals surface area (Å²) in [6.45, 7) is 2.61. The van der Waals surface area contributed by atoms with Crippen molar-refractivity contribution in [2.75, 3.05) is 19.6 Å². The van der Waals surface area contributed by atoms with Crippen LogP contribution >= 0.6 is 0 Å². The Balaban J connectivity index is 1.21. The summed E-state index contributed by atoms with van der Waals surface area (Å²) in [5.41, 5.74) is 4.11. The maximum Gasteiger partial charge on any atom is 0.227 e. The number of aryl methyl sites for hydroxylation is 1. The largest absolute Gasteiger partial charge is 0.342 e. The van der Waals surface area contributed by atoms with Gasteiger partial charge >= 0.3 is 0 Å². The molecule has 2 amide bonds. The first-order chi connectivity index (χ1) is 14.1. The van der Waals surface area contributed by atoms with Crippen molar-refractivity contribution in [1.29, 1.82) is 0 Å². The average Bonchev–Trinajstić information content (AvgIpc) is 3.30. The van der Waals surface area contributed by atoms with Crippen LogP contribution in [0.5, 0.6) is 0 Å². The fourth-order valence-corrected chi connectivity index (χ4v) is 5.47. The van der Waals surface area contributed by atoms with Gasteiger partial charge < -0.3 is 9.80 Å². The van der Waals surface area contributed by atoms with Gasteiger partial charge in [-0.15, -0.1) is 0 Å². The van der Waals surface area contributed by atoms with Crippen LogP contribution in [0.3, 0.4) is 0 Å². The van der Waals surface area contributed by atoms with Gasteiger partial charge in [0.2, 0.25) is 11.8 Å². The monoisotopic (exact) mass is 389 g/mol. The number of piperidine rings is 1. The van der Waals surface area contributed by atoms with Crippen LogP contribution in [0.1, 0.15) is 42.5 Å². The van der Waals surface area contributed by atoms with Crippen LogP contribution in [0.25, 0.3) is 0 Å². The van der Waals surface area contributed by atoms with E-state index in [1.165, 1.54) is 17.5 Å². The molecule has 1 aromatic heterocycles. The number of carbonyl (C=O) groups excluding carboxylic acids is 2. The fraction of sp³-hybridized carbons (Fsp3) is 0.458. The Morgan fingerprint density at radius 3 is 2.66 bits per heavy atom. The van der Waals surface area contributed by atoms with E-state index in [9.17, 15) is 9.59 Å². The quantitative estimate of drug-likeness (QED) is 0.811. The van der Waals surface area contributed by atoms with Gasteiger partial charge in [-0.1, -0.05) is 30.3 Å². The molecule has 5 rings (SSSR count). The molecular formula is C24H27N3O2. The highest BCUT2D eigenvalue weighted by Gasteiger charge is 2.43. The van der Waals surface area contributed by atoms with Crippen molar-refractivity contribution < 1.29 is 9.59 Å². The number of fused-ring (bicyclic) bond motifs is 2. The van der Waals surface area contributed by atoms with Crippen LogP contribution in [0, 0.1) is 5.92 Å². The predicted octanol–water partition coefficient (Wildman–Crippen LogP) is 2.94. The van der Waals surface area contributed by atoms with Gasteiger partial charge in [0.1, 0.15) is 0 Å². The molecule has 2 aromatic rings. The number of rotatable bonds is 3. The summed E-state index contributed by atoms with van der Waals surface area (Å²) in [5, 5.41) is 0. The minimum atomic E-state index is -0.212. The number of amides is 2. The molecule has 1 aliphatic carbocycles. The Morgan fingerprint density at radius 2 is 1.86 bits per heavy atom. The third kappa shape index (κ3) is 3.33. The van der Waals surface area contributed by atoms with Gasteiger partial charge in [0.25, 0.3) is 0 Å². The molecule has 2 saturated heterocycles. The van der Waals surface area contributed by atoms with Gasteiger partial charge in [-0.2, -0.15) is 0 Å². The van der Waals surface area contributed by atoms with Crippen LogP contribution in [-0.2, 0) is 28.0 Å². The first kappa shape index (κ1) is 18.3. The zero-order valence-corrected chi connectivity index (χ0v) is 16.7. The zero-order valence-electron chi connectivity index (χ0n) is 16.7. The van der Waals surface area contributed by atoms with E-state index in [0.29, 0.717) is 19.5 Å². The van der Waals surface area contributed by atoms with Crippen molar-refractivity contribution in [1.82, 2.24) is 14.8 Å². The number of benzene rings is 1. The average molecular weight is 389 g/mol. The highest BCUT2D eigenvalue weighted by molar-refractivity contribution is 5.89. The third-order valence-electron chi connectivity index (χ3n) is 7.14. The second-order valence-corrected chi connectivity index (χ2v) is 8.76. The summed E-state index contributed by atoms with van der Waals surface area (Å²) in [4.78, 5) is 33.7. The molecule has 5 nitrogen and oxygen atoms in total. The lowest BCUT2D eigenvalue weighted by Gasteiger charge is -2.41. The lowest BCUT2D eigenvalue weighted by molar-refractivity contribution is -0.137. The molecule has 0 radical (unpaired) electrons. The van der Waals surface area contributed by atoms with Crippen molar-refractivity contribution in [3.05, 3.63) is 65.5 Å². The summed E-state index contributed by atoms with van der Waals surface area (Å²) < 4.78 is 0. The summed E-state index contributed by atoms with van der Waals surface area (Å²) in [5.74, 6) is 0.00586. The standard InChI is InChI=1S/C24H27N3O2/c28-22-15-19(16-27(22)17-20-6-3-4-12-25-20)23(29)26-13-10-24(11-14-26)9-8-18-5-1-2-7-21(18)24/h1-7,12,19H,8-11,13-17H2. The molecule has 1 unspecified atom stereocenters. The molecule has 2 fully saturated rings. The Kier molecular flexibility index (Phi) is 4.61. The van der Waals surface area contributed by atoms with Crippen molar-refractivity contribution in [3.8, 4) is 0 Å². The van der Waals surface area contributed by atoms with Crippen LogP contribution < -0.4 is 0 Å². The van der Waals surface area contributed by atoms with E-state index >= 15 is 0 Å². The number of nitrogens with zero attached hydrogens (tertiary/aromatic N) is 3.